The lowest BCUT2D eigenvalue weighted by molar-refractivity contribution is -0.143. The van der Waals surface area contributed by atoms with E-state index < -0.39 is 65.2 Å². The third-order valence-electron chi connectivity index (χ3n) is 12.0. The fraction of sp³-hybridized carbons (Fsp3) is 0.386. The molecule has 316 valence electrons. The number of benzene rings is 1. The van der Waals surface area contributed by atoms with Gasteiger partial charge in [0, 0.05) is 47.8 Å². The molecule has 4 aliphatic heterocycles. The summed E-state index contributed by atoms with van der Waals surface area (Å²) in [7, 11) is 2.85. The number of amides is 2. The van der Waals surface area contributed by atoms with Crippen molar-refractivity contribution in [1.82, 2.24) is 24.8 Å². The van der Waals surface area contributed by atoms with Crippen LogP contribution in [0.4, 0.5) is 26.3 Å². The summed E-state index contributed by atoms with van der Waals surface area (Å²) in [5.41, 5.74) is 4.06. The molecule has 1 unspecified atom stereocenters. The summed E-state index contributed by atoms with van der Waals surface area (Å²) >= 11 is 0. The summed E-state index contributed by atoms with van der Waals surface area (Å²) in [5.74, 6) is -3.36. The predicted molar refractivity (Wildman–Crippen MR) is 212 cm³/mol. The van der Waals surface area contributed by atoms with Gasteiger partial charge in [-0.3, -0.25) is 19.3 Å². The van der Waals surface area contributed by atoms with Crippen LogP contribution in [-0.2, 0) is 33.2 Å². The minimum Gasteiger partial charge on any atom is -0.469 e. The normalized spacial score (nSPS) is 18.1. The number of aryl methyl sites for hydroxylation is 1. The minimum absolute atomic E-state index is 0.00777. The molecular formula is C44H43F6N5O5. The zero-order chi connectivity index (χ0) is 43.7. The molecule has 10 nitrogen and oxygen atoms in total. The highest BCUT2D eigenvalue weighted by Gasteiger charge is 2.42. The fourth-order valence-corrected chi connectivity index (χ4v) is 8.61. The van der Waals surface area contributed by atoms with E-state index in [0.29, 0.717) is 68.7 Å². The molecule has 1 aromatic carbocycles. The Morgan fingerprint density at radius 2 is 1.45 bits per heavy atom. The summed E-state index contributed by atoms with van der Waals surface area (Å²) in [6.07, 6.45) is -9.96. The average Bonchev–Trinajstić information content (AvgIpc) is 3.87. The smallest absolute Gasteiger partial charge is 0.416 e. The Morgan fingerprint density at radius 1 is 0.833 bits per heavy atom. The number of hydrogen-bond acceptors (Lipinski definition) is 7. The van der Waals surface area contributed by atoms with Crippen molar-refractivity contribution in [3.8, 4) is 0 Å². The number of hydrogen-bond donors (Lipinski definition) is 2. The zero-order valence-electron chi connectivity index (χ0n) is 34.2. The van der Waals surface area contributed by atoms with Gasteiger partial charge >= 0.3 is 18.3 Å². The topological polar surface area (TPSA) is 130 Å². The summed E-state index contributed by atoms with van der Waals surface area (Å²) in [4.78, 5) is 59.4. The molecule has 0 radical (unpaired) electrons. The van der Waals surface area contributed by atoms with E-state index in [1.54, 1.807) is 20.1 Å². The molecule has 3 atom stereocenters. The Kier molecular flexibility index (Phi) is 10.8. The third kappa shape index (κ3) is 7.28. The Hall–Kier alpha value is -5.77. The van der Waals surface area contributed by atoms with E-state index >= 15 is 0 Å². The van der Waals surface area contributed by atoms with Gasteiger partial charge in [0.05, 0.1) is 70.3 Å². The maximum atomic E-state index is 14.9. The molecule has 2 amide bonds. The Bertz CT molecular complexity index is 2580. The molecule has 8 bridgehead atoms. The highest BCUT2D eigenvalue weighted by atomic mass is 19.4. The van der Waals surface area contributed by atoms with E-state index in [1.165, 1.54) is 7.11 Å². The fourth-order valence-electron chi connectivity index (χ4n) is 8.61. The number of allylic oxidation sites excluding steroid dienone is 3. The van der Waals surface area contributed by atoms with E-state index in [0.717, 1.165) is 22.3 Å². The summed E-state index contributed by atoms with van der Waals surface area (Å²) in [6, 6.07) is 6.52. The van der Waals surface area contributed by atoms with E-state index in [4.69, 9.17) is 19.4 Å². The van der Waals surface area contributed by atoms with Crippen LogP contribution in [-0.4, -0.2) is 62.9 Å². The van der Waals surface area contributed by atoms with Crippen LogP contribution in [0.2, 0.25) is 0 Å². The number of nitrogens with zero attached hydrogens (tertiary/aromatic N) is 3. The molecule has 2 aromatic heterocycles. The number of aromatic nitrogens is 4. The second-order valence-corrected chi connectivity index (χ2v) is 15.5. The number of carbonyl (C=O) groups is 3. The van der Waals surface area contributed by atoms with Gasteiger partial charge in [-0.05, 0) is 105 Å². The quantitative estimate of drug-likeness (QED) is 0.131. The van der Waals surface area contributed by atoms with E-state index in [2.05, 4.69) is 9.97 Å². The van der Waals surface area contributed by atoms with Crippen LogP contribution >= 0.6 is 0 Å². The van der Waals surface area contributed by atoms with Crippen molar-refractivity contribution in [2.45, 2.75) is 97.6 Å². The van der Waals surface area contributed by atoms with Gasteiger partial charge in [-0.25, -0.2) is 9.97 Å². The molecule has 4 aliphatic rings. The van der Waals surface area contributed by atoms with Gasteiger partial charge in [-0.2, -0.15) is 26.3 Å². The second kappa shape index (κ2) is 15.4. The molecule has 7 rings (SSSR count). The van der Waals surface area contributed by atoms with E-state index in [9.17, 15) is 40.7 Å². The standard InChI is InChI=1S/C44H43F6N5O5/c1-9-27-19(2)29-17-34-36(23(6)59-7)21(4)31(52-34)15-30-20(3)28(10-11-35(56)60-8)39(53-30)38-40-37(22(5)32(54-40)16-33(27)51-29)41(57)55(42(38)58)18-24-12-25(43(45,46)47)14-26(13-24)44(48,49)50/h12-17,20,23,28,53-54H,9-11,18H2,1-8H3/t20-,23?,28-/m0/s1. The van der Waals surface area contributed by atoms with Crippen molar-refractivity contribution in [2.24, 2.45) is 0 Å². The Morgan fingerprint density at radius 3 is 2.05 bits per heavy atom. The van der Waals surface area contributed by atoms with E-state index in [-0.39, 0.29) is 41.7 Å². The van der Waals surface area contributed by atoms with Crippen LogP contribution in [0.5, 0.6) is 0 Å². The number of fused-ring (bicyclic) bond motifs is 8. The molecular weight excluding hydrogens is 793 g/mol. The van der Waals surface area contributed by atoms with Crippen LogP contribution in [0.15, 0.2) is 36.4 Å². The number of ether oxygens (including phenoxy) is 2. The van der Waals surface area contributed by atoms with Crippen molar-refractivity contribution in [2.75, 3.05) is 14.2 Å². The predicted octanol–water partition coefficient (Wildman–Crippen LogP) is 10.3. The number of alkyl halides is 6. The number of aromatic amines is 2. The van der Waals surface area contributed by atoms with Gasteiger partial charge in [0.2, 0.25) is 0 Å². The van der Waals surface area contributed by atoms with Crippen LogP contribution in [0.1, 0.15) is 143 Å². The van der Waals surface area contributed by atoms with Gasteiger partial charge in [0.15, 0.2) is 0 Å². The third-order valence-corrected chi connectivity index (χ3v) is 12.0. The Balaban J connectivity index is 1.57. The van der Waals surface area contributed by atoms with Crippen molar-refractivity contribution in [3.05, 3.63) is 104 Å². The maximum Gasteiger partial charge on any atom is 0.416 e. The zero-order valence-corrected chi connectivity index (χ0v) is 34.2. The van der Waals surface area contributed by atoms with Crippen molar-refractivity contribution in [3.63, 3.8) is 0 Å². The molecule has 6 heterocycles. The lowest BCUT2D eigenvalue weighted by Crippen LogP contribution is -2.40. The number of nitrogens with one attached hydrogen (secondary N) is 2. The summed E-state index contributed by atoms with van der Waals surface area (Å²) in [6.45, 7) is 10.4. The molecule has 3 aromatic rings. The van der Waals surface area contributed by atoms with Gasteiger partial charge in [-0.1, -0.05) is 13.8 Å². The van der Waals surface area contributed by atoms with Crippen molar-refractivity contribution >= 4 is 51.1 Å². The maximum absolute atomic E-state index is 14.9. The number of imide groups is 1. The lowest BCUT2D eigenvalue weighted by atomic mass is 9.84. The SMILES string of the molecule is CCC1=C(C)c2cc3nc(cc4[nH]c(c5c6[nH]c(cc1n2)c(C)c6C(=O)N(Cc1cc(C(F)(F)F)cc(C(F)(F)F)c1)C5=O)[C@@H](CCC(=O)OC)[C@@H]4C)C(C)=C3C(C)OC. The number of esters is 1. The molecule has 0 aliphatic carbocycles. The first-order valence-electron chi connectivity index (χ1n) is 19.4. The lowest BCUT2D eigenvalue weighted by Gasteiger charge is -2.28. The average molecular weight is 836 g/mol. The largest absolute Gasteiger partial charge is 0.469 e. The molecule has 0 spiro atoms. The van der Waals surface area contributed by atoms with Gasteiger partial charge in [0.1, 0.15) is 0 Å². The monoisotopic (exact) mass is 835 g/mol. The number of halogens is 6. The van der Waals surface area contributed by atoms with E-state index in [1.807, 2.05) is 46.8 Å². The van der Waals surface area contributed by atoms with Crippen LogP contribution < -0.4 is 0 Å². The highest BCUT2D eigenvalue weighted by molar-refractivity contribution is 6.23. The van der Waals surface area contributed by atoms with Crippen molar-refractivity contribution < 1.29 is 50.2 Å². The number of rotatable bonds is 8. The van der Waals surface area contributed by atoms with Crippen molar-refractivity contribution in [1.29, 1.82) is 0 Å². The van der Waals surface area contributed by atoms with Crippen LogP contribution in [0, 0.1) is 6.92 Å². The number of methoxy groups -OCH3 is 2. The van der Waals surface area contributed by atoms with Gasteiger partial charge in [0.25, 0.3) is 11.8 Å². The molecule has 0 saturated heterocycles. The summed E-state index contributed by atoms with van der Waals surface area (Å²) in [5, 5.41) is 0. The second-order valence-electron chi connectivity index (χ2n) is 15.5. The molecule has 0 saturated carbocycles. The molecule has 0 fully saturated rings. The van der Waals surface area contributed by atoms with Crippen LogP contribution in [0.25, 0.3) is 33.3 Å². The number of H-pyrrole nitrogens is 2. The minimum atomic E-state index is -5.16. The van der Waals surface area contributed by atoms with Gasteiger partial charge in [-0.15, -0.1) is 0 Å². The molecule has 16 heteroatoms. The first kappa shape index (κ1) is 42.4. The van der Waals surface area contributed by atoms with Crippen LogP contribution in [0.3, 0.4) is 0 Å². The summed E-state index contributed by atoms with van der Waals surface area (Å²) < 4.78 is 94.5. The first-order valence-corrected chi connectivity index (χ1v) is 19.4. The molecule has 2 N–H and O–H groups in total. The Labute approximate surface area is 341 Å². The number of carbonyl (C=O) groups excluding carboxylic acids is 3. The van der Waals surface area contributed by atoms with Gasteiger partial charge < -0.3 is 19.4 Å². The first-order chi connectivity index (χ1) is 28.2. The highest BCUT2D eigenvalue weighted by Crippen LogP contribution is 2.46. The molecule has 60 heavy (non-hydrogen) atoms.